The van der Waals surface area contributed by atoms with E-state index in [0.717, 1.165) is 52.1 Å². The first-order valence-electron chi connectivity index (χ1n) is 21.6. The highest BCUT2D eigenvalue weighted by molar-refractivity contribution is 7.99. The van der Waals surface area contributed by atoms with Crippen LogP contribution in [0.2, 0.25) is 5.02 Å². The van der Waals surface area contributed by atoms with Crippen LogP contribution in [-0.2, 0) is 16.6 Å². The van der Waals surface area contributed by atoms with Gasteiger partial charge in [0.15, 0.2) is 0 Å². The molecule has 1 aliphatic rings. The Morgan fingerprint density at radius 3 is 2.18 bits per heavy atom. The van der Waals surface area contributed by atoms with E-state index in [-0.39, 0.29) is 27.9 Å². The Balaban J connectivity index is 1.06. The number of aromatic carboxylic acids is 1. The number of nitro groups is 1. The van der Waals surface area contributed by atoms with E-state index >= 15 is 0 Å². The largest absolute Gasteiger partial charge is 0.478 e. The highest BCUT2D eigenvalue weighted by Gasteiger charge is 2.28. The second-order valence-electron chi connectivity index (χ2n) is 16.3. The molecule has 0 unspecified atom stereocenters. The summed E-state index contributed by atoms with van der Waals surface area (Å²) < 4.78 is 32.9. The van der Waals surface area contributed by atoms with Crippen molar-refractivity contribution in [2.45, 2.75) is 49.1 Å². The molecule has 7 rings (SSSR count). The first-order valence-corrected chi connectivity index (χ1v) is 24.4. The zero-order valence-corrected chi connectivity index (χ0v) is 39.3. The summed E-state index contributed by atoms with van der Waals surface area (Å²) in [6.45, 7) is 8.16. The molecule has 3 N–H and O–H groups in total. The second kappa shape index (κ2) is 20.9. The molecule has 340 valence electrons. The molecule has 1 aromatic heterocycles. The number of carboxylic acid groups (broad SMARTS) is 1. The molecule has 16 heteroatoms. The Bertz CT molecular complexity index is 2720. The van der Waals surface area contributed by atoms with Gasteiger partial charge in [0.05, 0.1) is 21.9 Å². The zero-order chi connectivity index (χ0) is 46.3. The Morgan fingerprint density at radius 1 is 0.877 bits per heavy atom. The van der Waals surface area contributed by atoms with Crippen molar-refractivity contribution in [3.05, 3.63) is 148 Å². The van der Waals surface area contributed by atoms with Crippen molar-refractivity contribution in [2.24, 2.45) is 0 Å². The number of hydrogen-bond acceptors (Lipinski definition) is 10. The van der Waals surface area contributed by atoms with Gasteiger partial charge in [0.25, 0.3) is 15.7 Å². The lowest BCUT2D eigenvalue weighted by Gasteiger charge is -2.37. The molecule has 6 aromatic rings. The molecule has 1 fully saturated rings. The summed E-state index contributed by atoms with van der Waals surface area (Å²) in [6, 6.07) is 36.4. The lowest BCUT2D eigenvalue weighted by molar-refractivity contribution is -0.385. The average Bonchev–Trinajstić information content (AvgIpc) is 3.59. The van der Waals surface area contributed by atoms with Crippen molar-refractivity contribution in [3.63, 3.8) is 0 Å². The van der Waals surface area contributed by atoms with Crippen molar-refractivity contribution in [2.75, 3.05) is 72.4 Å². The van der Waals surface area contributed by atoms with Gasteiger partial charge in [0, 0.05) is 94.9 Å². The van der Waals surface area contributed by atoms with E-state index in [9.17, 15) is 28.4 Å². The predicted octanol–water partition coefficient (Wildman–Crippen LogP) is 10.5. The number of nitrogens with zero attached hydrogens (tertiary/aromatic N) is 5. The molecule has 65 heavy (non-hydrogen) atoms. The molecule has 2 heterocycles. The van der Waals surface area contributed by atoms with E-state index in [1.165, 1.54) is 12.1 Å². The molecule has 0 spiro atoms. The number of halogens is 1. The summed E-state index contributed by atoms with van der Waals surface area (Å²) in [7, 11) is -0.312. The number of aromatic nitrogens is 1. The Hall–Kier alpha value is -6.00. The number of non-ortho nitro benzene ring substituents is 1. The minimum Gasteiger partial charge on any atom is -0.478 e. The number of nitro benzene ring substituents is 1. The number of carbonyl (C=O) groups is 1. The van der Waals surface area contributed by atoms with Gasteiger partial charge in [-0.05, 0) is 118 Å². The monoisotopic (exact) mass is 935 g/mol. The van der Waals surface area contributed by atoms with Crippen LogP contribution in [0, 0.1) is 17.0 Å². The molecule has 0 aliphatic carbocycles. The van der Waals surface area contributed by atoms with Crippen LogP contribution in [-0.4, -0.2) is 92.5 Å². The van der Waals surface area contributed by atoms with Crippen LogP contribution in [0.3, 0.4) is 0 Å². The smallest absolute Gasteiger partial charge is 0.338 e. The van der Waals surface area contributed by atoms with Crippen molar-refractivity contribution < 1.29 is 23.2 Å². The maximum absolute atomic E-state index is 14.1. The first-order chi connectivity index (χ1) is 31.2. The van der Waals surface area contributed by atoms with Crippen LogP contribution in [0.1, 0.15) is 35.8 Å². The van der Waals surface area contributed by atoms with Crippen LogP contribution >= 0.6 is 23.4 Å². The molecule has 13 nitrogen and oxygen atoms in total. The lowest BCUT2D eigenvalue weighted by atomic mass is 9.96. The number of benzene rings is 5. The third-order valence-electron chi connectivity index (χ3n) is 11.5. The minimum atomic E-state index is -4.27. The van der Waals surface area contributed by atoms with Gasteiger partial charge in [0.1, 0.15) is 4.90 Å². The van der Waals surface area contributed by atoms with Gasteiger partial charge in [-0.25, -0.2) is 13.2 Å². The highest BCUT2D eigenvalue weighted by atomic mass is 35.5. The summed E-state index contributed by atoms with van der Waals surface area (Å²) in [5.74, 6) is -0.322. The summed E-state index contributed by atoms with van der Waals surface area (Å²) in [6.07, 6.45) is 1.55. The third kappa shape index (κ3) is 11.3. The summed E-state index contributed by atoms with van der Waals surface area (Å²) >= 11 is 7.92. The van der Waals surface area contributed by atoms with Crippen molar-refractivity contribution in [3.8, 4) is 22.4 Å². The number of carboxylic acids is 1. The zero-order valence-electron chi connectivity index (χ0n) is 36.9. The Kier molecular flexibility index (Phi) is 15.1. The molecule has 5 aromatic carbocycles. The highest BCUT2D eigenvalue weighted by Crippen LogP contribution is 2.41. The SMILES string of the molecule is CCCn1c(C)c(C(=O)O)c(-c2cccc(N3CCN(c4ccc(NS(=O)(=O)c5cc([N+](=O)[O-])ccc5N[C@H](CCN(C)C)CSc5ccccc5)cc4)CC3)c2)c1-c1ccc(Cl)cc1. The van der Waals surface area contributed by atoms with Crippen LogP contribution in [0.15, 0.2) is 131 Å². The number of sulfonamides is 1. The fourth-order valence-corrected chi connectivity index (χ4v) is 10.6. The molecule has 1 saturated heterocycles. The van der Waals surface area contributed by atoms with E-state index in [0.29, 0.717) is 66.9 Å². The Labute approximate surface area is 390 Å². The minimum absolute atomic E-state index is 0.137. The molecule has 0 amide bonds. The van der Waals surface area contributed by atoms with Gasteiger partial charge in [-0.1, -0.05) is 61.0 Å². The maximum Gasteiger partial charge on any atom is 0.338 e. The van der Waals surface area contributed by atoms with Crippen molar-refractivity contribution in [1.29, 1.82) is 0 Å². The average molecular weight is 937 g/mol. The first kappa shape index (κ1) is 47.0. The third-order valence-corrected chi connectivity index (χ3v) is 14.4. The van der Waals surface area contributed by atoms with Gasteiger partial charge in [-0.2, -0.15) is 0 Å². The fraction of sp³-hybridized carbons (Fsp3) is 0.286. The van der Waals surface area contributed by atoms with Crippen LogP contribution in [0.5, 0.6) is 0 Å². The predicted molar refractivity (Wildman–Crippen MR) is 265 cm³/mol. The van der Waals surface area contributed by atoms with E-state index in [1.54, 1.807) is 23.9 Å². The Morgan fingerprint density at radius 2 is 1.55 bits per heavy atom. The molecule has 0 radical (unpaired) electrons. The molecule has 1 atom stereocenters. The topological polar surface area (TPSA) is 153 Å². The summed E-state index contributed by atoms with van der Waals surface area (Å²) in [5, 5.41) is 26.4. The number of nitrogens with one attached hydrogen (secondary N) is 2. The number of thioether (sulfide) groups is 1. The van der Waals surface area contributed by atoms with Gasteiger partial charge in [0.2, 0.25) is 0 Å². The van der Waals surface area contributed by atoms with Gasteiger partial charge < -0.3 is 29.7 Å². The number of piperazine rings is 1. The van der Waals surface area contributed by atoms with E-state index in [4.69, 9.17) is 11.6 Å². The van der Waals surface area contributed by atoms with Gasteiger partial charge >= 0.3 is 5.97 Å². The quantitative estimate of drug-likeness (QED) is 0.0404. The second-order valence-corrected chi connectivity index (χ2v) is 19.5. The number of anilines is 4. The summed E-state index contributed by atoms with van der Waals surface area (Å²) in [4.78, 5) is 31.6. The van der Waals surface area contributed by atoms with Crippen LogP contribution < -0.4 is 19.8 Å². The van der Waals surface area contributed by atoms with Crippen molar-refractivity contribution in [1.82, 2.24) is 9.47 Å². The van der Waals surface area contributed by atoms with E-state index < -0.39 is 20.9 Å². The molecular weight excluding hydrogens is 882 g/mol. The van der Waals surface area contributed by atoms with E-state index in [2.05, 4.69) is 42.3 Å². The fourth-order valence-electron chi connectivity index (χ4n) is 8.23. The maximum atomic E-state index is 14.1. The molecular formula is C49H54ClN7O6S2. The van der Waals surface area contributed by atoms with Gasteiger partial charge in [-0.3, -0.25) is 14.8 Å². The molecule has 1 aliphatic heterocycles. The summed E-state index contributed by atoms with van der Waals surface area (Å²) in [5.41, 5.74) is 6.44. The number of hydrogen-bond donors (Lipinski definition) is 3. The molecule has 0 saturated carbocycles. The molecule has 0 bridgehead atoms. The van der Waals surface area contributed by atoms with E-state index in [1.807, 2.05) is 106 Å². The van der Waals surface area contributed by atoms with Gasteiger partial charge in [-0.15, -0.1) is 11.8 Å². The van der Waals surface area contributed by atoms with Crippen LogP contribution in [0.25, 0.3) is 22.4 Å². The normalized spacial score (nSPS) is 13.5. The number of rotatable bonds is 19. The van der Waals surface area contributed by atoms with Crippen molar-refractivity contribution >= 4 is 67.8 Å². The lowest BCUT2D eigenvalue weighted by Crippen LogP contribution is -2.46. The standard InChI is InChI=1S/C49H54ClN7O6S2/c1-5-25-56-34(2)46(49(58)59)47(48(56)35-14-16-37(50)17-15-35)36-10-9-11-41(31-36)55-29-27-54(28-30-55)40-20-18-38(19-21-40)52-65(62,63)45-32-42(57(60)61)22-23-44(45)51-39(24-26-53(3)4)33-64-43-12-7-6-8-13-43/h6-23,31-32,39,51-52H,5,24-30,33H2,1-4H3,(H,58,59)/t39-/m1/s1. The van der Waals surface area contributed by atoms with Crippen LogP contribution in [0.4, 0.5) is 28.4 Å².